The van der Waals surface area contributed by atoms with Crippen LogP contribution in [0.4, 0.5) is 5.95 Å². The van der Waals surface area contributed by atoms with Crippen molar-refractivity contribution >= 4 is 28.8 Å². The molecule has 0 saturated heterocycles. The second-order valence-corrected chi connectivity index (χ2v) is 3.46. The number of hydrogen-bond acceptors (Lipinski definition) is 3. The first kappa shape index (κ1) is 10.4. The highest BCUT2D eigenvalue weighted by Crippen LogP contribution is 2.19. The van der Waals surface area contributed by atoms with Crippen LogP contribution in [0.5, 0.6) is 0 Å². The van der Waals surface area contributed by atoms with E-state index in [1.54, 1.807) is 12.1 Å². The Morgan fingerprint density at radius 2 is 1.94 bits per heavy atom. The maximum Gasteiger partial charge on any atom is 0.230 e. The normalized spacial score (nSPS) is 10.4. The van der Waals surface area contributed by atoms with E-state index in [4.69, 9.17) is 0 Å². The number of aromatic nitrogens is 2. The van der Waals surface area contributed by atoms with Crippen molar-refractivity contribution < 1.29 is 9.59 Å². The molecule has 1 N–H and O–H groups in total. The van der Waals surface area contributed by atoms with Gasteiger partial charge in [0, 0.05) is 13.8 Å². The molecule has 5 heteroatoms. The van der Waals surface area contributed by atoms with E-state index in [1.807, 2.05) is 12.1 Å². The highest BCUT2D eigenvalue weighted by atomic mass is 16.2. The van der Waals surface area contributed by atoms with E-state index in [0.717, 1.165) is 0 Å². The summed E-state index contributed by atoms with van der Waals surface area (Å²) in [6, 6.07) is 7.23. The second-order valence-electron chi connectivity index (χ2n) is 3.46. The van der Waals surface area contributed by atoms with Crippen LogP contribution in [0, 0.1) is 0 Å². The van der Waals surface area contributed by atoms with Crippen LogP contribution in [0.3, 0.4) is 0 Å². The number of fused-ring (bicyclic) bond motifs is 1. The molecule has 5 nitrogen and oxygen atoms in total. The molecule has 0 saturated carbocycles. The van der Waals surface area contributed by atoms with Crippen LogP contribution in [0.25, 0.3) is 11.0 Å². The molecule has 16 heavy (non-hydrogen) atoms. The summed E-state index contributed by atoms with van der Waals surface area (Å²) in [5, 5.41) is 2.54. The number of para-hydroxylation sites is 2. The number of nitrogens with zero attached hydrogens (tertiary/aromatic N) is 2. The number of anilines is 1. The van der Waals surface area contributed by atoms with E-state index >= 15 is 0 Å². The molecule has 1 amide bonds. The fourth-order valence-corrected chi connectivity index (χ4v) is 1.59. The van der Waals surface area contributed by atoms with Crippen LogP contribution in [0.2, 0.25) is 0 Å². The van der Waals surface area contributed by atoms with E-state index in [-0.39, 0.29) is 17.8 Å². The maximum absolute atomic E-state index is 11.5. The minimum atomic E-state index is -0.252. The average molecular weight is 217 g/mol. The number of rotatable bonds is 1. The summed E-state index contributed by atoms with van der Waals surface area (Å²) in [5.41, 5.74) is 1.38. The highest BCUT2D eigenvalue weighted by Gasteiger charge is 2.13. The Hall–Kier alpha value is -2.17. The number of carbonyl (C=O) groups is 2. The van der Waals surface area contributed by atoms with Gasteiger partial charge in [0.05, 0.1) is 11.0 Å². The summed E-state index contributed by atoms with van der Waals surface area (Å²) in [7, 11) is 0. The molecule has 2 rings (SSSR count). The third-order valence-corrected chi connectivity index (χ3v) is 2.16. The molecular weight excluding hydrogens is 206 g/mol. The third-order valence-electron chi connectivity index (χ3n) is 2.16. The quantitative estimate of drug-likeness (QED) is 0.790. The number of benzene rings is 1. The zero-order chi connectivity index (χ0) is 11.7. The first-order chi connectivity index (χ1) is 7.59. The molecule has 1 aromatic heterocycles. The third kappa shape index (κ3) is 1.67. The van der Waals surface area contributed by atoms with Gasteiger partial charge >= 0.3 is 0 Å². The van der Waals surface area contributed by atoms with E-state index < -0.39 is 0 Å². The second kappa shape index (κ2) is 3.77. The molecule has 0 aliphatic heterocycles. The molecule has 0 aliphatic rings. The largest absolute Gasteiger partial charge is 0.296 e. The molecule has 0 spiro atoms. The Balaban J connectivity index is 2.68. The Bertz CT molecular complexity index is 572. The van der Waals surface area contributed by atoms with E-state index in [0.29, 0.717) is 11.0 Å². The van der Waals surface area contributed by atoms with Gasteiger partial charge in [0.25, 0.3) is 0 Å². The van der Waals surface area contributed by atoms with Gasteiger partial charge in [-0.15, -0.1) is 0 Å². The molecule has 0 bridgehead atoms. The predicted molar refractivity (Wildman–Crippen MR) is 60.3 cm³/mol. The van der Waals surface area contributed by atoms with Gasteiger partial charge in [-0.1, -0.05) is 12.1 Å². The average Bonchev–Trinajstić information content (AvgIpc) is 2.53. The topological polar surface area (TPSA) is 64.0 Å². The van der Waals surface area contributed by atoms with Crippen molar-refractivity contribution in [3.8, 4) is 0 Å². The predicted octanol–water partition coefficient (Wildman–Crippen LogP) is 1.65. The number of imidazole rings is 1. The van der Waals surface area contributed by atoms with Gasteiger partial charge in [-0.2, -0.15) is 0 Å². The van der Waals surface area contributed by atoms with Crippen molar-refractivity contribution in [1.29, 1.82) is 0 Å². The first-order valence-corrected chi connectivity index (χ1v) is 4.85. The Morgan fingerprint density at radius 3 is 2.56 bits per heavy atom. The zero-order valence-electron chi connectivity index (χ0n) is 9.02. The summed E-state index contributed by atoms with van der Waals surface area (Å²) in [6.07, 6.45) is 0. The molecule has 2 aromatic rings. The maximum atomic E-state index is 11.5. The van der Waals surface area contributed by atoms with Crippen molar-refractivity contribution in [3.05, 3.63) is 24.3 Å². The van der Waals surface area contributed by atoms with Crippen molar-refractivity contribution in [2.24, 2.45) is 0 Å². The van der Waals surface area contributed by atoms with E-state index in [2.05, 4.69) is 10.3 Å². The SMILES string of the molecule is CC(=O)Nc1nc2ccccc2n1C(C)=O. The monoisotopic (exact) mass is 217 g/mol. The number of nitrogens with one attached hydrogen (secondary N) is 1. The van der Waals surface area contributed by atoms with Gasteiger partial charge in [0.15, 0.2) is 0 Å². The van der Waals surface area contributed by atoms with Crippen molar-refractivity contribution in [3.63, 3.8) is 0 Å². The smallest absolute Gasteiger partial charge is 0.230 e. The Kier molecular flexibility index (Phi) is 2.44. The Morgan fingerprint density at radius 1 is 1.25 bits per heavy atom. The lowest BCUT2D eigenvalue weighted by Crippen LogP contribution is -2.15. The van der Waals surface area contributed by atoms with Gasteiger partial charge in [-0.25, -0.2) is 9.55 Å². The molecule has 0 radical (unpaired) electrons. The summed E-state index contributed by atoms with van der Waals surface area (Å²) >= 11 is 0. The zero-order valence-corrected chi connectivity index (χ0v) is 9.02. The van der Waals surface area contributed by atoms with Gasteiger partial charge in [-0.05, 0) is 12.1 Å². The summed E-state index contributed by atoms with van der Waals surface area (Å²) < 4.78 is 1.39. The van der Waals surface area contributed by atoms with Crippen molar-refractivity contribution in [1.82, 2.24) is 9.55 Å². The minimum Gasteiger partial charge on any atom is -0.296 e. The molecule has 1 aromatic carbocycles. The molecule has 0 aliphatic carbocycles. The summed E-state index contributed by atoms with van der Waals surface area (Å²) in [5.74, 6) is -0.170. The van der Waals surface area contributed by atoms with Crippen LogP contribution in [-0.2, 0) is 4.79 Å². The highest BCUT2D eigenvalue weighted by molar-refractivity contribution is 5.97. The van der Waals surface area contributed by atoms with Crippen LogP contribution in [0.1, 0.15) is 18.6 Å². The summed E-state index contributed by atoms with van der Waals surface area (Å²) in [4.78, 5) is 26.7. The van der Waals surface area contributed by atoms with E-state index in [1.165, 1.54) is 18.4 Å². The van der Waals surface area contributed by atoms with Gasteiger partial charge in [-0.3, -0.25) is 14.9 Å². The lowest BCUT2D eigenvalue weighted by molar-refractivity contribution is -0.114. The number of hydrogen-bond donors (Lipinski definition) is 1. The Labute approximate surface area is 92.1 Å². The van der Waals surface area contributed by atoms with E-state index in [9.17, 15) is 9.59 Å². The molecule has 1 heterocycles. The van der Waals surface area contributed by atoms with Crippen molar-refractivity contribution in [2.45, 2.75) is 13.8 Å². The lowest BCUT2D eigenvalue weighted by atomic mass is 10.3. The lowest BCUT2D eigenvalue weighted by Gasteiger charge is -2.03. The first-order valence-electron chi connectivity index (χ1n) is 4.85. The van der Waals surface area contributed by atoms with Gasteiger partial charge in [0.2, 0.25) is 17.8 Å². The van der Waals surface area contributed by atoms with Crippen LogP contribution >= 0.6 is 0 Å². The minimum absolute atomic E-state index is 0.183. The molecule has 0 atom stereocenters. The fraction of sp³-hybridized carbons (Fsp3) is 0.182. The van der Waals surface area contributed by atoms with Gasteiger partial charge < -0.3 is 0 Å². The summed E-state index contributed by atoms with van der Waals surface area (Å²) in [6.45, 7) is 2.81. The molecule has 0 fully saturated rings. The number of carbonyl (C=O) groups excluding carboxylic acids is 2. The fourth-order valence-electron chi connectivity index (χ4n) is 1.59. The van der Waals surface area contributed by atoms with Gasteiger partial charge in [0.1, 0.15) is 0 Å². The van der Waals surface area contributed by atoms with Crippen LogP contribution in [-0.4, -0.2) is 21.4 Å². The number of amides is 1. The molecule has 82 valence electrons. The molecule has 0 unspecified atom stereocenters. The van der Waals surface area contributed by atoms with Crippen LogP contribution in [0.15, 0.2) is 24.3 Å². The molecular formula is C11H11N3O2. The standard InChI is InChI=1S/C11H11N3O2/c1-7(15)12-11-13-9-5-3-4-6-10(9)14(11)8(2)16/h3-6H,1-2H3,(H,12,13,15). The van der Waals surface area contributed by atoms with Crippen LogP contribution < -0.4 is 5.32 Å². The van der Waals surface area contributed by atoms with Crippen molar-refractivity contribution in [2.75, 3.05) is 5.32 Å².